The van der Waals surface area contributed by atoms with Crippen molar-refractivity contribution in [1.82, 2.24) is 5.32 Å². The van der Waals surface area contributed by atoms with Crippen LogP contribution in [0.3, 0.4) is 0 Å². The van der Waals surface area contributed by atoms with Gasteiger partial charge in [-0.1, -0.05) is 12.1 Å². The molecule has 1 N–H and O–H groups in total. The zero-order chi connectivity index (χ0) is 20.9. The molecule has 1 atom stereocenters. The first-order valence-electron chi connectivity index (χ1n) is 8.40. The topological polar surface area (TPSA) is 84.9 Å². The molecule has 0 aliphatic heterocycles. The molecule has 0 saturated carbocycles. The van der Waals surface area contributed by atoms with Crippen molar-refractivity contribution in [2.45, 2.75) is 13.0 Å². The number of hydrogen-bond acceptors (Lipinski definition) is 5. The van der Waals surface area contributed by atoms with Crippen LogP contribution in [-0.4, -0.2) is 41.3 Å². The number of ether oxygens (including phenoxy) is 2. The van der Waals surface area contributed by atoms with Crippen LogP contribution < -0.4 is 19.1 Å². The number of benzene rings is 2. The summed E-state index contributed by atoms with van der Waals surface area (Å²) in [6.45, 7) is 1.31. The van der Waals surface area contributed by atoms with E-state index in [-0.39, 0.29) is 11.5 Å². The van der Waals surface area contributed by atoms with Crippen molar-refractivity contribution in [2.75, 3.05) is 31.3 Å². The van der Waals surface area contributed by atoms with Crippen LogP contribution in [0.2, 0.25) is 0 Å². The number of anilines is 1. The molecule has 1 amide bonds. The van der Waals surface area contributed by atoms with E-state index in [9.17, 15) is 17.6 Å². The van der Waals surface area contributed by atoms with Gasteiger partial charge in [-0.15, -0.1) is 0 Å². The van der Waals surface area contributed by atoms with E-state index in [2.05, 4.69) is 5.32 Å². The standard InChI is InChI=1S/C19H23FN2O5S/c1-13(14-5-7-15(20)8-6-14)21-19(23)12-22(28(4,24)25)16-9-10-17(26-2)18(11-16)27-3/h5-11,13H,12H2,1-4H3,(H,21,23)/t13-/m1/s1. The number of sulfonamides is 1. The summed E-state index contributed by atoms with van der Waals surface area (Å²) in [5.41, 5.74) is 0.969. The van der Waals surface area contributed by atoms with Crippen molar-refractivity contribution in [2.24, 2.45) is 0 Å². The van der Waals surface area contributed by atoms with E-state index in [4.69, 9.17) is 9.47 Å². The smallest absolute Gasteiger partial charge is 0.241 e. The summed E-state index contributed by atoms with van der Waals surface area (Å²) in [4.78, 5) is 12.5. The lowest BCUT2D eigenvalue weighted by atomic mass is 10.1. The van der Waals surface area contributed by atoms with Crippen LogP contribution in [0.5, 0.6) is 11.5 Å². The maximum Gasteiger partial charge on any atom is 0.241 e. The lowest BCUT2D eigenvalue weighted by molar-refractivity contribution is -0.120. The van der Waals surface area contributed by atoms with Gasteiger partial charge >= 0.3 is 0 Å². The average Bonchev–Trinajstić information content (AvgIpc) is 2.65. The third-order valence-corrected chi connectivity index (χ3v) is 5.23. The van der Waals surface area contributed by atoms with E-state index in [0.717, 1.165) is 10.6 Å². The molecule has 2 aromatic rings. The highest BCUT2D eigenvalue weighted by atomic mass is 32.2. The van der Waals surface area contributed by atoms with Crippen molar-refractivity contribution < 1.29 is 27.1 Å². The van der Waals surface area contributed by atoms with Gasteiger partial charge in [0.05, 0.1) is 32.2 Å². The van der Waals surface area contributed by atoms with Crippen molar-refractivity contribution >= 4 is 21.6 Å². The molecule has 0 unspecified atom stereocenters. The zero-order valence-corrected chi connectivity index (χ0v) is 16.9. The quantitative estimate of drug-likeness (QED) is 0.723. The molecule has 0 aliphatic rings. The molecule has 7 nitrogen and oxygen atoms in total. The number of nitrogens with one attached hydrogen (secondary N) is 1. The molecule has 0 fully saturated rings. The number of amides is 1. The lowest BCUT2D eigenvalue weighted by Gasteiger charge is -2.24. The number of nitrogens with zero attached hydrogens (tertiary/aromatic N) is 1. The second-order valence-corrected chi connectivity index (χ2v) is 8.06. The van der Waals surface area contributed by atoms with Crippen LogP contribution in [0.15, 0.2) is 42.5 Å². The Labute approximate surface area is 164 Å². The van der Waals surface area contributed by atoms with Crippen molar-refractivity contribution in [3.05, 3.63) is 53.8 Å². The van der Waals surface area contributed by atoms with Crippen LogP contribution in [-0.2, 0) is 14.8 Å². The van der Waals surface area contributed by atoms with E-state index in [1.165, 1.54) is 38.5 Å². The van der Waals surface area contributed by atoms with Crippen LogP contribution in [0.4, 0.5) is 10.1 Å². The van der Waals surface area contributed by atoms with E-state index in [0.29, 0.717) is 17.1 Å². The Hall–Kier alpha value is -2.81. The Bertz CT molecular complexity index is 932. The Morgan fingerprint density at radius 3 is 2.25 bits per heavy atom. The molecule has 0 saturated heterocycles. The number of carbonyl (C=O) groups excluding carboxylic acids is 1. The number of carbonyl (C=O) groups is 1. The first-order chi connectivity index (χ1) is 13.2. The van der Waals surface area contributed by atoms with Crippen LogP contribution in [0, 0.1) is 5.82 Å². The minimum Gasteiger partial charge on any atom is -0.493 e. The molecule has 28 heavy (non-hydrogen) atoms. The second kappa shape index (κ2) is 8.92. The Morgan fingerprint density at radius 1 is 1.11 bits per heavy atom. The monoisotopic (exact) mass is 410 g/mol. The third-order valence-electron chi connectivity index (χ3n) is 4.09. The molecule has 9 heteroatoms. The fraction of sp³-hybridized carbons (Fsp3) is 0.316. The van der Waals surface area contributed by atoms with Crippen LogP contribution >= 0.6 is 0 Å². The van der Waals surface area contributed by atoms with Gasteiger partial charge in [-0.25, -0.2) is 12.8 Å². The molecule has 0 aliphatic carbocycles. The number of hydrogen-bond donors (Lipinski definition) is 1. The molecule has 0 bridgehead atoms. The van der Waals surface area contributed by atoms with Gasteiger partial charge in [0, 0.05) is 6.07 Å². The first kappa shape index (κ1) is 21.5. The van der Waals surface area contributed by atoms with Crippen molar-refractivity contribution in [3.8, 4) is 11.5 Å². The van der Waals surface area contributed by atoms with Crippen molar-refractivity contribution in [3.63, 3.8) is 0 Å². The maximum absolute atomic E-state index is 13.0. The first-order valence-corrected chi connectivity index (χ1v) is 10.2. The highest BCUT2D eigenvalue weighted by Gasteiger charge is 2.23. The summed E-state index contributed by atoms with van der Waals surface area (Å²) in [7, 11) is -0.835. The number of halogens is 1. The number of methoxy groups -OCH3 is 2. The molecule has 2 rings (SSSR count). The Balaban J connectivity index is 2.20. The molecule has 0 aromatic heterocycles. The van der Waals surface area contributed by atoms with Gasteiger partial charge in [-0.2, -0.15) is 0 Å². The zero-order valence-electron chi connectivity index (χ0n) is 16.1. The highest BCUT2D eigenvalue weighted by molar-refractivity contribution is 7.92. The fourth-order valence-electron chi connectivity index (χ4n) is 2.63. The van der Waals surface area contributed by atoms with E-state index >= 15 is 0 Å². The Kier molecular flexibility index (Phi) is 6.85. The van der Waals surface area contributed by atoms with Crippen molar-refractivity contribution in [1.29, 1.82) is 0 Å². The molecule has 0 heterocycles. The fourth-order valence-corrected chi connectivity index (χ4v) is 3.48. The van der Waals surface area contributed by atoms with Crippen LogP contribution in [0.1, 0.15) is 18.5 Å². The van der Waals surface area contributed by atoms with Gasteiger partial charge in [0.1, 0.15) is 12.4 Å². The number of rotatable bonds is 8. The van der Waals surface area contributed by atoms with Gasteiger partial charge in [-0.05, 0) is 36.8 Å². The minimum absolute atomic E-state index is 0.268. The summed E-state index contributed by atoms with van der Waals surface area (Å²) in [5.74, 6) is -0.0983. The molecular formula is C19H23FN2O5S. The molecule has 2 aromatic carbocycles. The van der Waals surface area contributed by atoms with E-state index < -0.39 is 28.5 Å². The predicted molar refractivity (Wildman–Crippen MR) is 105 cm³/mol. The molecule has 0 spiro atoms. The van der Waals surface area contributed by atoms with Gasteiger partial charge < -0.3 is 14.8 Å². The maximum atomic E-state index is 13.0. The Morgan fingerprint density at radius 2 is 1.71 bits per heavy atom. The van der Waals surface area contributed by atoms with Crippen LogP contribution in [0.25, 0.3) is 0 Å². The normalized spacial score (nSPS) is 12.2. The van der Waals surface area contributed by atoms with E-state index in [1.807, 2.05) is 0 Å². The second-order valence-electron chi connectivity index (χ2n) is 6.15. The summed E-state index contributed by atoms with van der Waals surface area (Å²) < 4.78 is 48.9. The van der Waals surface area contributed by atoms with Gasteiger partial charge in [0.15, 0.2) is 11.5 Å². The molecular weight excluding hydrogens is 387 g/mol. The largest absolute Gasteiger partial charge is 0.493 e. The third kappa shape index (κ3) is 5.35. The summed E-state index contributed by atoms with van der Waals surface area (Å²) in [5, 5.41) is 2.72. The molecule has 0 radical (unpaired) electrons. The summed E-state index contributed by atoms with van der Waals surface area (Å²) >= 11 is 0. The SMILES string of the molecule is COc1ccc(N(CC(=O)N[C@H](C)c2ccc(F)cc2)S(C)(=O)=O)cc1OC. The minimum atomic E-state index is -3.74. The highest BCUT2D eigenvalue weighted by Crippen LogP contribution is 2.32. The summed E-state index contributed by atoms with van der Waals surface area (Å²) in [6, 6.07) is 9.86. The van der Waals surface area contributed by atoms with Gasteiger partial charge in [0.25, 0.3) is 0 Å². The average molecular weight is 410 g/mol. The van der Waals surface area contributed by atoms with E-state index in [1.54, 1.807) is 25.1 Å². The van der Waals surface area contributed by atoms with Gasteiger partial charge in [0.2, 0.25) is 15.9 Å². The summed E-state index contributed by atoms with van der Waals surface area (Å²) in [6.07, 6.45) is 1.01. The molecule has 152 valence electrons. The van der Waals surface area contributed by atoms with Gasteiger partial charge in [-0.3, -0.25) is 9.10 Å². The lowest BCUT2D eigenvalue weighted by Crippen LogP contribution is -2.41. The predicted octanol–water partition coefficient (Wildman–Crippen LogP) is 2.49.